The van der Waals surface area contributed by atoms with Crippen LogP contribution in [0.5, 0.6) is 23.0 Å². The van der Waals surface area contributed by atoms with Gasteiger partial charge >= 0.3 is 0 Å². The predicted octanol–water partition coefficient (Wildman–Crippen LogP) is 6.47. The third kappa shape index (κ3) is 6.21. The van der Waals surface area contributed by atoms with E-state index in [1.165, 1.54) is 0 Å². The second-order valence-electron chi connectivity index (χ2n) is 9.98. The number of phenolic OH excluding ortho intramolecular Hbond substituents is 1. The summed E-state index contributed by atoms with van der Waals surface area (Å²) in [6.07, 6.45) is 2.29. The summed E-state index contributed by atoms with van der Waals surface area (Å²) in [7, 11) is 5.34. The van der Waals surface area contributed by atoms with Crippen LogP contribution in [-0.4, -0.2) is 56.4 Å². The van der Waals surface area contributed by atoms with Crippen LogP contribution in [-0.2, 0) is 0 Å². The molecule has 206 valence electrons. The molecule has 1 fully saturated rings. The van der Waals surface area contributed by atoms with Crippen molar-refractivity contribution >= 4 is 11.6 Å². The molecular formula is C33H34N2O5. The highest BCUT2D eigenvalue weighted by Crippen LogP contribution is 2.34. The molecule has 1 aliphatic heterocycles. The van der Waals surface area contributed by atoms with Gasteiger partial charge in [0.2, 0.25) is 0 Å². The molecule has 1 aliphatic rings. The normalized spacial score (nSPS) is 14.0. The van der Waals surface area contributed by atoms with Gasteiger partial charge in [0.25, 0.3) is 5.91 Å². The number of amides is 1. The van der Waals surface area contributed by atoms with Crippen molar-refractivity contribution in [3.8, 4) is 45.3 Å². The Morgan fingerprint density at radius 2 is 1.57 bits per heavy atom. The summed E-state index contributed by atoms with van der Waals surface area (Å²) in [4.78, 5) is 15.5. The lowest BCUT2D eigenvalue weighted by atomic mass is 10.0. The van der Waals surface area contributed by atoms with E-state index in [1.54, 1.807) is 44.6 Å². The molecule has 0 saturated carbocycles. The van der Waals surface area contributed by atoms with Gasteiger partial charge in [-0.2, -0.15) is 0 Å². The van der Waals surface area contributed by atoms with Crippen LogP contribution in [0.25, 0.3) is 22.3 Å². The van der Waals surface area contributed by atoms with Crippen molar-refractivity contribution in [2.24, 2.45) is 0 Å². The molecule has 7 nitrogen and oxygen atoms in total. The number of benzene rings is 4. The number of ether oxygens (including phenoxy) is 3. The number of phenols is 1. The quantitative estimate of drug-likeness (QED) is 0.250. The first-order valence-electron chi connectivity index (χ1n) is 13.4. The van der Waals surface area contributed by atoms with Gasteiger partial charge in [-0.25, -0.2) is 0 Å². The molecule has 4 aromatic carbocycles. The standard InChI is InChI=1S/C33H34N2O5/c1-35-17-15-27(16-18-35)40-26-11-7-22(8-12-26)23-9-13-30(31(36)21-23)34-33(37)25-10-14-32(39-3)29(20-25)24-5-4-6-28(19-24)38-2/h4-14,19-21,27,36H,15-18H2,1-3H3,(H,34,37). The monoisotopic (exact) mass is 538 g/mol. The van der Waals surface area contributed by atoms with Gasteiger partial charge in [-0.15, -0.1) is 0 Å². The SMILES string of the molecule is COc1cccc(-c2cc(C(=O)Nc3ccc(-c4ccc(OC5CCN(C)CC5)cc4)cc3O)ccc2OC)c1. The lowest BCUT2D eigenvalue weighted by molar-refractivity contribution is 0.102. The number of nitrogens with zero attached hydrogens (tertiary/aromatic N) is 1. The first kappa shape index (κ1) is 27.1. The van der Waals surface area contributed by atoms with Gasteiger partial charge in [0.15, 0.2) is 0 Å². The average molecular weight is 539 g/mol. The molecule has 5 rings (SSSR count). The number of carbonyl (C=O) groups is 1. The smallest absolute Gasteiger partial charge is 0.255 e. The molecule has 0 spiro atoms. The zero-order valence-corrected chi connectivity index (χ0v) is 23.0. The van der Waals surface area contributed by atoms with Crippen molar-refractivity contribution in [3.05, 3.63) is 90.5 Å². The fourth-order valence-corrected chi connectivity index (χ4v) is 4.90. The van der Waals surface area contributed by atoms with Crippen molar-refractivity contribution < 1.29 is 24.1 Å². The van der Waals surface area contributed by atoms with Crippen LogP contribution in [0.15, 0.2) is 84.9 Å². The van der Waals surface area contributed by atoms with Crippen LogP contribution >= 0.6 is 0 Å². The Morgan fingerprint density at radius 1 is 0.825 bits per heavy atom. The number of piperidine rings is 1. The minimum atomic E-state index is -0.342. The third-order valence-corrected chi connectivity index (χ3v) is 7.24. The van der Waals surface area contributed by atoms with E-state index in [2.05, 4.69) is 17.3 Å². The Labute approximate surface area is 234 Å². The van der Waals surface area contributed by atoms with Gasteiger partial charge in [-0.3, -0.25) is 4.79 Å². The highest BCUT2D eigenvalue weighted by molar-refractivity contribution is 6.06. The summed E-state index contributed by atoms with van der Waals surface area (Å²) in [5, 5.41) is 13.6. The highest BCUT2D eigenvalue weighted by Gasteiger charge is 2.18. The maximum atomic E-state index is 13.1. The van der Waals surface area contributed by atoms with Crippen LogP contribution < -0.4 is 19.5 Å². The number of hydrogen-bond donors (Lipinski definition) is 2. The fourth-order valence-electron chi connectivity index (χ4n) is 4.90. The molecule has 40 heavy (non-hydrogen) atoms. The molecule has 0 radical (unpaired) electrons. The van der Waals surface area contributed by atoms with E-state index in [9.17, 15) is 9.90 Å². The van der Waals surface area contributed by atoms with Gasteiger partial charge in [-0.05, 0) is 91.2 Å². The number of anilines is 1. The van der Waals surface area contributed by atoms with Crippen LogP contribution in [0.1, 0.15) is 23.2 Å². The summed E-state index contributed by atoms with van der Waals surface area (Å²) >= 11 is 0. The molecule has 0 aromatic heterocycles. The summed E-state index contributed by atoms with van der Waals surface area (Å²) in [6.45, 7) is 2.10. The fraction of sp³-hybridized carbons (Fsp3) is 0.242. The molecule has 0 aliphatic carbocycles. The Balaban J connectivity index is 1.29. The zero-order valence-electron chi connectivity index (χ0n) is 23.0. The molecule has 7 heteroatoms. The Hall–Kier alpha value is -4.49. The highest BCUT2D eigenvalue weighted by atomic mass is 16.5. The average Bonchev–Trinajstić information content (AvgIpc) is 2.99. The van der Waals surface area contributed by atoms with E-state index in [4.69, 9.17) is 14.2 Å². The Morgan fingerprint density at radius 3 is 2.27 bits per heavy atom. The lowest BCUT2D eigenvalue weighted by Gasteiger charge is -2.29. The first-order valence-corrected chi connectivity index (χ1v) is 13.4. The van der Waals surface area contributed by atoms with Crippen molar-refractivity contribution in [1.29, 1.82) is 0 Å². The molecule has 1 saturated heterocycles. The lowest BCUT2D eigenvalue weighted by Crippen LogP contribution is -2.35. The summed E-state index contributed by atoms with van der Waals surface area (Å²) in [5.74, 6) is 1.84. The largest absolute Gasteiger partial charge is 0.506 e. The molecule has 2 N–H and O–H groups in total. The van der Waals surface area contributed by atoms with Crippen LogP contribution in [0.3, 0.4) is 0 Å². The number of likely N-dealkylation sites (tertiary alicyclic amines) is 1. The molecule has 0 atom stereocenters. The zero-order chi connectivity index (χ0) is 28.1. The molecule has 0 unspecified atom stereocenters. The summed E-state index contributed by atoms with van der Waals surface area (Å²) in [5.41, 5.74) is 4.17. The minimum absolute atomic E-state index is 0.0148. The van der Waals surface area contributed by atoms with Gasteiger partial charge in [-0.1, -0.05) is 30.3 Å². The number of carbonyl (C=O) groups excluding carboxylic acids is 1. The maximum Gasteiger partial charge on any atom is 0.255 e. The Kier molecular flexibility index (Phi) is 8.22. The van der Waals surface area contributed by atoms with E-state index in [0.29, 0.717) is 22.7 Å². The topological polar surface area (TPSA) is 80.3 Å². The first-order chi connectivity index (χ1) is 19.4. The van der Waals surface area contributed by atoms with Crippen LogP contribution in [0.2, 0.25) is 0 Å². The summed E-state index contributed by atoms with van der Waals surface area (Å²) in [6, 6.07) is 25.9. The van der Waals surface area contributed by atoms with Gasteiger partial charge in [0.05, 0.1) is 19.9 Å². The van der Waals surface area contributed by atoms with E-state index in [1.807, 2.05) is 54.6 Å². The van der Waals surface area contributed by atoms with Crippen molar-refractivity contribution in [2.45, 2.75) is 18.9 Å². The van der Waals surface area contributed by atoms with Gasteiger partial charge in [0.1, 0.15) is 29.1 Å². The van der Waals surface area contributed by atoms with E-state index < -0.39 is 0 Å². The van der Waals surface area contributed by atoms with Gasteiger partial charge in [0, 0.05) is 24.2 Å². The Bertz CT molecular complexity index is 1480. The maximum absolute atomic E-state index is 13.1. The number of methoxy groups -OCH3 is 2. The van der Waals surface area contributed by atoms with Gasteiger partial charge < -0.3 is 29.5 Å². The number of hydrogen-bond acceptors (Lipinski definition) is 6. The number of nitrogens with one attached hydrogen (secondary N) is 1. The van der Waals surface area contributed by atoms with E-state index in [0.717, 1.165) is 53.9 Å². The molecule has 1 amide bonds. The minimum Gasteiger partial charge on any atom is -0.506 e. The number of rotatable bonds is 8. The molecule has 4 aromatic rings. The molecular weight excluding hydrogens is 504 g/mol. The van der Waals surface area contributed by atoms with Crippen LogP contribution in [0.4, 0.5) is 5.69 Å². The summed E-state index contributed by atoms with van der Waals surface area (Å²) < 4.78 is 17.0. The van der Waals surface area contributed by atoms with Crippen molar-refractivity contribution in [2.75, 3.05) is 39.7 Å². The van der Waals surface area contributed by atoms with Crippen LogP contribution in [0, 0.1) is 0 Å². The third-order valence-electron chi connectivity index (χ3n) is 7.24. The second-order valence-corrected chi connectivity index (χ2v) is 9.98. The number of aromatic hydroxyl groups is 1. The van der Waals surface area contributed by atoms with E-state index in [-0.39, 0.29) is 17.8 Å². The molecule has 0 bridgehead atoms. The van der Waals surface area contributed by atoms with Crippen molar-refractivity contribution in [3.63, 3.8) is 0 Å². The van der Waals surface area contributed by atoms with Crippen molar-refractivity contribution in [1.82, 2.24) is 4.90 Å². The van der Waals surface area contributed by atoms with E-state index >= 15 is 0 Å². The predicted molar refractivity (Wildman–Crippen MR) is 158 cm³/mol. The molecule has 1 heterocycles. The second kappa shape index (κ2) is 12.1.